The number of nitrogens with zero attached hydrogens (tertiary/aromatic N) is 2. The number of halogens is 5. The number of phenols is 1. The molecule has 2 rings (SSSR count). The average Bonchev–Trinajstić information content (AvgIpc) is 2.56. The number of alkyl halides is 3. The number of nitrogens with one attached hydrogen (secondary N) is 1. The lowest BCUT2D eigenvalue weighted by molar-refractivity contribution is -0.385. The normalized spacial score (nSPS) is 16.0. The van der Waals surface area contributed by atoms with Crippen molar-refractivity contribution in [1.82, 2.24) is 10.2 Å². The Bertz CT molecular complexity index is 629. The van der Waals surface area contributed by atoms with E-state index < -0.39 is 23.6 Å². The lowest BCUT2D eigenvalue weighted by Gasteiger charge is -2.35. The van der Waals surface area contributed by atoms with Gasteiger partial charge in [-0.25, -0.2) is 0 Å². The van der Waals surface area contributed by atoms with Gasteiger partial charge in [0.15, 0.2) is 11.5 Å². The molecule has 0 aromatic heterocycles. The van der Waals surface area contributed by atoms with Gasteiger partial charge in [0.2, 0.25) is 0 Å². The third kappa shape index (κ3) is 6.87. The smallest absolute Gasteiger partial charge is 0.389 e. The van der Waals surface area contributed by atoms with Gasteiger partial charge in [0, 0.05) is 50.3 Å². The van der Waals surface area contributed by atoms with Gasteiger partial charge in [-0.2, -0.15) is 13.2 Å². The summed E-state index contributed by atoms with van der Waals surface area (Å²) in [4.78, 5) is 12.2. The van der Waals surface area contributed by atoms with Gasteiger partial charge in [-0.1, -0.05) is 0 Å². The van der Waals surface area contributed by atoms with Crippen LogP contribution in [0.15, 0.2) is 12.1 Å². The van der Waals surface area contributed by atoms with Gasteiger partial charge in [0.25, 0.3) is 5.69 Å². The molecule has 0 aliphatic carbocycles. The van der Waals surface area contributed by atoms with Crippen LogP contribution in [0.25, 0.3) is 0 Å². The van der Waals surface area contributed by atoms with Crippen molar-refractivity contribution in [2.45, 2.75) is 25.1 Å². The molecule has 1 saturated heterocycles. The van der Waals surface area contributed by atoms with Crippen LogP contribution in [0.2, 0.25) is 0 Å². The lowest BCUT2D eigenvalue weighted by atomic mass is 9.97. The Morgan fingerprint density at radius 2 is 1.93 bits per heavy atom. The predicted molar refractivity (Wildman–Crippen MR) is 98.3 cm³/mol. The molecule has 1 aliphatic rings. The van der Waals surface area contributed by atoms with Crippen LogP contribution in [0, 0.1) is 10.1 Å². The Hall–Kier alpha value is -1.49. The number of piperazine rings is 1. The maximum Gasteiger partial charge on any atom is 0.389 e. The molecule has 1 heterocycles. The van der Waals surface area contributed by atoms with Crippen LogP contribution in [0.3, 0.4) is 0 Å². The summed E-state index contributed by atoms with van der Waals surface area (Å²) in [5.74, 6) is -0.491. The Balaban J connectivity index is 0.00000338. The van der Waals surface area contributed by atoms with E-state index in [0.717, 1.165) is 12.1 Å². The number of non-ortho nitro benzene ring substituents is 1. The van der Waals surface area contributed by atoms with E-state index in [2.05, 4.69) is 5.32 Å². The highest BCUT2D eigenvalue weighted by Gasteiger charge is 2.33. The molecule has 156 valence electrons. The molecular weight excluding hydrogens is 414 g/mol. The predicted octanol–water partition coefficient (Wildman–Crippen LogP) is 3.44. The minimum Gasteiger partial charge on any atom is -0.504 e. The molecule has 1 aliphatic heterocycles. The average molecular weight is 436 g/mol. The molecule has 0 spiro atoms. The Labute approximate surface area is 166 Å². The van der Waals surface area contributed by atoms with Crippen molar-refractivity contribution < 1.29 is 27.9 Å². The van der Waals surface area contributed by atoms with Crippen LogP contribution in [-0.2, 0) is 0 Å². The molecule has 0 unspecified atom stereocenters. The molecule has 0 bridgehead atoms. The van der Waals surface area contributed by atoms with Crippen molar-refractivity contribution in [2.75, 3.05) is 33.3 Å². The summed E-state index contributed by atoms with van der Waals surface area (Å²) in [6.45, 7) is 2.14. The van der Waals surface area contributed by atoms with Gasteiger partial charge in [0.05, 0.1) is 18.1 Å². The second-order valence-electron chi connectivity index (χ2n) is 5.80. The number of methoxy groups -OCH3 is 1. The van der Waals surface area contributed by atoms with Crippen LogP contribution >= 0.6 is 24.8 Å². The van der Waals surface area contributed by atoms with Gasteiger partial charge < -0.3 is 15.2 Å². The Morgan fingerprint density at radius 3 is 2.41 bits per heavy atom. The number of hydrogen-bond acceptors (Lipinski definition) is 6. The topological polar surface area (TPSA) is 87.9 Å². The number of benzene rings is 1. The van der Waals surface area contributed by atoms with Crippen LogP contribution in [0.5, 0.6) is 11.5 Å². The number of nitro benzene ring substituents is 1. The summed E-state index contributed by atoms with van der Waals surface area (Å²) in [6.07, 6.45) is -5.71. The van der Waals surface area contributed by atoms with Gasteiger partial charge in [0.1, 0.15) is 0 Å². The van der Waals surface area contributed by atoms with Crippen molar-refractivity contribution in [2.24, 2.45) is 0 Å². The van der Waals surface area contributed by atoms with E-state index in [4.69, 9.17) is 4.74 Å². The van der Waals surface area contributed by atoms with E-state index in [1.165, 1.54) is 7.11 Å². The number of hydrogen-bond donors (Lipinski definition) is 2. The van der Waals surface area contributed by atoms with Crippen molar-refractivity contribution in [3.8, 4) is 11.5 Å². The van der Waals surface area contributed by atoms with Gasteiger partial charge >= 0.3 is 6.18 Å². The molecular formula is C15H22Cl2F3N3O4. The van der Waals surface area contributed by atoms with E-state index in [0.29, 0.717) is 26.2 Å². The molecule has 0 radical (unpaired) electrons. The third-order valence-electron chi connectivity index (χ3n) is 4.17. The quantitative estimate of drug-likeness (QED) is 0.525. The second-order valence-corrected chi connectivity index (χ2v) is 5.80. The molecule has 7 nitrogen and oxygen atoms in total. The Morgan fingerprint density at radius 1 is 1.33 bits per heavy atom. The fourth-order valence-electron chi connectivity index (χ4n) is 2.96. The Kier molecular flexibility index (Phi) is 10.2. The molecule has 1 atom stereocenters. The van der Waals surface area contributed by atoms with Gasteiger partial charge in [-0.05, 0) is 6.42 Å². The van der Waals surface area contributed by atoms with Gasteiger partial charge in [-0.15, -0.1) is 24.8 Å². The molecule has 27 heavy (non-hydrogen) atoms. The van der Waals surface area contributed by atoms with E-state index in [1.807, 2.05) is 0 Å². The van der Waals surface area contributed by atoms with Crippen LogP contribution in [-0.4, -0.2) is 54.4 Å². The summed E-state index contributed by atoms with van der Waals surface area (Å²) in [5.41, 5.74) is -0.256. The standard InChI is InChI=1S/C15H20F3N3O4.2ClH/c1-25-13-9-10(21(23)24)8-11(14(13)22)12(2-3-15(16,17)18)20-6-4-19-5-7-20;;/h8-9,12,19,22H,2-7H2,1H3;2*1H/t12-;;/m0../s1. The monoisotopic (exact) mass is 435 g/mol. The molecule has 1 aromatic rings. The van der Waals surface area contributed by atoms with E-state index in [-0.39, 0.29) is 54.0 Å². The second kappa shape index (κ2) is 10.7. The number of nitro groups is 1. The first kappa shape index (κ1) is 25.5. The number of phenolic OH excluding ortho intramolecular Hbond substituents is 1. The third-order valence-corrected chi connectivity index (χ3v) is 4.17. The zero-order valence-corrected chi connectivity index (χ0v) is 16.1. The summed E-state index contributed by atoms with van der Waals surface area (Å²) in [6, 6.07) is 1.38. The fourth-order valence-corrected chi connectivity index (χ4v) is 2.96. The van der Waals surface area contributed by atoms with E-state index >= 15 is 0 Å². The first-order valence-corrected chi connectivity index (χ1v) is 7.79. The molecule has 0 amide bonds. The largest absolute Gasteiger partial charge is 0.504 e. The molecule has 2 N–H and O–H groups in total. The fraction of sp³-hybridized carbons (Fsp3) is 0.600. The van der Waals surface area contributed by atoms with E-state index in [1.54, 1.807) is 4.90 Å². The first-order chi connectivity index (χ1) is 11.7. The van der Waals surface area contributed by atoms with Crippen molar-refractivity contribution in [1.29, 1.82) is 0 Å². The highest BCUT2D eigenvalue weighted by molar-refractivity contribution is 5.85. The maximum atomic E-state index is 12.7. The minimum absolute atomic E-state index is 0. The van der Waals surface area contributed by atoms with Crippen LogP contribution in [0.1, 0.15) is 24.4 Å². The van der Waals surface area contributed by atoms with Crippen molar-refractivity contribution in [3.05, 3.63) is 27.8 Å². The first-order valence-electron chi connectivity index (χ1n) is 7.79. The minimum atomic E-state index is -4.35. The number of ether oxygens (including phenoxy) is 1. The van der Waals surface area contributed by atoms with Crippen molar-refractivity contribution in [3.63, 3.8) is 0 Å². The highest BCUT2D eigenvalue weighted by Crippen LogP contribution is 2.42. The molecule has 1 fully saturated rings. The molecule has 1 aromatic carbocycles. The van der Waals surface area contributed by atoms with Crippen molar-refractivity contribution >= 4 is 30.5 Å². The SMILES string of the molecule is COc1cc([N+](=O)[O-])cc([C@H](CCC(F)(F)F)N2CCNCC2)c1O.Cl.Cl. The van der Waals surface area contributed by atoms with Crippen LogP contribution in [0.4, 0.5) is 18.9 Å². The summed E-state index contributed by atoms with van der Waals surface area (Å²) >= 11 is 0. The number of rotatable bonds is 6. The van der Waals surface area contributed by atoms with Crippen LogP contribution < -0.4 is 10.1 Å². The summed E-state index contributed by atoms with van der Waals surface area (Å²) < 4.78 is 43.1. The van der Waals surface area contributed by atoms with Gasteiger partial charge in [-0.3, -0.25) is 15.0 Å². The molecule has 0 saturated carbocycles. The summed E-state index contributed by atoms with van der Waals surface area (Å²) in [7, 11) is 1.23. The highest BCUT2D eigenvalue weighted by atomic mass is 35.5. The zero-order chi connectivity index (χ0) is 18.6. The zero-order valence-electron chi connectivity index (χ0n) is 14.5. The number of aromatic hydroxyl groups is 1. The molecule has 12 heteroatoms. The summed E-state index contributed by atoms with van der Waals surface area (Å²) in [5, 5.41) is 24.6. The lowest BCUT2D eigenvalue weighted by Crippen LogP contribution is -2.45. The van der Waals surface area contributed by atoms with E-state index in [9.17, 15) is 28.4 Å². The maximum absolute atomic E-state index is 12.7.